The van der Waals surface area contributed by atoms with Gasteiger partial charge in [-0.1, -0.05) is 24.3 Å². The Morgan fingerprint density at radius 2 is 1.81 bits per heavy atom. The second-order valence-corrected chi connectivity index (χ2v) is 6.00. The molecular formula is C17H23NO3. The van der Waals surface area contributed by atoms with Crippen molar-refractivity contribution in [2.75, 3.05) is 6.54 Å². The van der Waals surface area contributed by atoms with E-state index in [1.165, 1.54) is 11.1 Å². The van der Waals surface area contributed by atoms with Crippen LogP contribution in [0.4, 0.5) is 0 Å². The number of benzene rings is 1. The minimum absolute atomic E-state index is 0.00891. The highest BCUT2D eigenvalue weighted by atomic mass is 16.4. The second-order valence-electron chi connectivity index (χ2n) is 6.00. The molecule has 0 aromatic heterocycles. The van der Waals surface area contributed by atoms with E-state index in [1.54, 1.807) is 0 Å². The monoisotopic (exact) mass is 289 g/mol. The maximum atomic E-state index is 12.7. The number of fused-ring (bicyclic) bond motifs is 1. The van der Waals surface area contributed by atoms with Gasteiger partial charge in [0.15, 0.2) is 0 Å². The Morgan fingerprint density at radius 3 is 2.29 bits per heavy atom. The molecule has 1 aliphatic carbocycles. The molecule has 1 aromatic rings. The van der Waals surface area contributed by atoms with E-state index in [9.17, 15) is 9.59 Å². The van der Waals surface area contributed by atoms with Gasteiger partial charge in [-0.25, -0.2) is 0 Å². The lowest BCUT2D eigenvalue weighted by atomic mass is 10.0. The van der Waals surface area contributed by atoms with Crippen molar-refractivity contribution in [1.29, 1.82) is 0 Å². The van der Waals surface area contributed by atoms with Crippen LogP contribution in [0.2, 0.25) is 0 Å². The van der Waals surface area contributed by atoms with Crippen LogP contribution in [0.25, 0.3) is 0 Å². The summed E-state index contributed by atoms with van der Waals surface area (Å²) in [6, 6.07) is 8.31. The van der Waals surface area contributed by atoms with Gasteiger partial charge < -0.3 is 10.0 Å². The van der Waals surface area contributed by atoms with Crippen molar-refractivity contribution in [2.24, 2.45) is 5.92 Å². The highest BCUT2D eigenvalue weighted by Crippen LogP contribution is 2.28. The molecule has 0 spiro atoms. The smallest absolute Gasteiger partial charge is 0.303 e. The predicted octanol–water partition coefficient (Wildman–Crippen LogP) is 2.50. The van der Waals surface area contributed by atoms with Crippen molar-refractivity contribution < 1.29 is 14.7 Å². The van der Waals surface area contributed by atoms with Crippen molar-refractivity contribution in [3.05, 3.63) is 35.4 Å². The van der Waals surface area contributed by atoms with Crippen molar-refractivity contribution in [3.8, 4) is 0 Å². The van der Waals surface area contributed by atoms with Gasteiger partial charge in [0.1, 0.15) is 0 Å². The third kappa shape index (κ3) is 3.84. The number of carboxylic acid groups (broad SMARTS) is 1. The van der Waals surface area contributed by atoms with Crippen LogP contribution >= 0.6 is 0 Å². The fourth-order valence-corrected chi connectivity index (χ4v) is 2.99. The van der Waals surface area contributed by atoms with Crippen LogP contribution in [-0.4, -0.2) is 34.5 Å². The highest BCUT2D eigenvalue weighted by Gasteiger charge is 2.31. The molecule has 1 amide bonds. The lowest BCUT2D eigenvalue weighted by Gasteiger charge is -2.29. The van der Waals surface area contributed by atoms with E-state index in [1.807, 2.05) is 30.9 Å². The van der Waals surface area contributed by atoms with Crippen LogP contribution in [0.1, 0.15) is 37.8 Å². The van der Waals surface area contributed by atoms with Gasteiger partial charge in [-0.15, -0.1) is 0 Å². The standard InChI is InChI=1S/C17H23NO3/c1-12(2)18(9-5-8-16(19)20)17(21)15-10-13-6-3-4-7-14(13)11-15/h3-4,6-7,12,15H,5,8-11H2,1-2H3,(H,19,20). The molecule has 114 valence electrons. The third-order valence-electron chi connectivity index (χ3n) is 4.10. The minimum atomic E-state index is -0.806. The molecule has 0 aliphatic heterocycles. The molecule has 0 bridgehead atoms. The summed E-state index contributed by atoms with van der Waals surface area (Å²) < 4.78 is 0. The molecule has 0 fully saturated rings. The normalized spacial score (nSPS) is 14.2. The summed E-state index contributed by atoms with van der Waals surface area (Å²) in [4.78, 5) is 25.2. The van der Waals surface area contributed by atoms with Gasteiger partial charge in [0.25, 0.3) is 0 Å². The van der Waals surface area contributed by atoms with Gasteiger partial charge >= 0.3 is 5.97 Å². The number of nitrogens with zero attached hydrogens (tertiary/aromatic N) is 1. The zero-order valence-corrected chi connectivity index (χ0v) is 12.7. The van der Waals surface area contributed by atoms with Crippen LogP contribution in [0.5, 0.6) is 0 Å². The first-order chi connectivity index (χ1) is 9.99. The van der Waals surface area contributed by atoms with Crippen LogP contribution in [-0.2, 0) is 22.4 Å². The summed E-state index contributed by atoms with van der Waals surface area (Å²) in [5, 5.41) is 8.73. The molecule has 0 heterocycles. The Bertz CT molecular complexity index is 500. The topological polar surface area (TPSA) is 57.6 Å². The third-order valence-corrected chi connectivity index (χ3v) is 4.10. The molecule has 0 unspecified atom stereocenters. The fourth-order valence-electron chi connectivity index (χ4n) is 2.99. The van der Waals surface area contributed by atoms with Crippen molar-refractivity contribution in [1.82, 2.24) is 4.90 Å². The summed E-state index contributed by atoms with van der Waals surface area (Å²) in [6.07, 6.45) is 2.23. The van der Waals surface area contributed by atoms with Crippen molar-refractivity contribution in [2.45, 2.75) is 45.6 Å². The molecule has 0 radical (unpaired) electrons. The van der Waals surface area contributed by atoms with E-state index in [4.69, 9.17) is 5.11 Å². The van der Waals surface area contributed by atoms with Gasteiger partial charge in [0.05, 0.1) is 0 Å². The molecule has 0 saturated heterocycles. The first kappa shape index (κ1) is 15.5. The van der Waals surface area contributed by atoms with E-state index in [2.05, 4.69) is 12.1 Å². The zero-order chi connectivity index (χ0) is 15.4. The first-order valence-electron chi connectivity index (χ1n) is 7.58. The number of hydrogen-bond acceptors (Lipinski definition) is 2. The molecule has 1 aromatic carbocycles. The second kappa shape index (κ2) is 6.74. The summed E-state index contributed by atoms with van der Waals surface area (Å²) in [5.41, 5.74) is 2.54. The Hall–Kier alpha value is -1.84. The predicted molar refractivity (Wildman–Crippen MR) is 81.1 cm³/mol. The Balaban J connectivity index is 1.98. The molecule has 2 rings (SSSR count). The maximum Gasteiger partial charge on any atom is 0.303 e. The van der Waals surface area contributed by atoms with Crippen LogP contribution in [0, 0.1) is 5.92 Å². The molecule has 21 heavy (non-hydrogen) atoms. The van der Waals surface area contributed by atoms with E-state index in [0.717, 1.165) is 12.8 Å². The number of rotatable bonds is 6. The Morgan fingerprint density at radius 1 is 1.24 bits per heavy atom. The fraction of sp³-hybridized carbons (Fsp3) is 0.529. The zero-order valence-electron chi connectivity index (χ0n) is 12.7. The number of carbonyl (C=O) groups is 2. The van der Waals surface area contributed by atoms with E-state index < -0.39 is 5.97 Å². The molecule has 0 saturated carbocycles. The molecule has 1 aliphatic rings. The number of hydrogen-bond donors (Lipinski definition) is 1. The summed E-state index contributed by atoms with van der Waals surface area (Å²) in [7, 11) is 0. The van der Waals surface area contributed by atoms with E-state index >= 15 is 0 Å². The lowest BCUT2D eigenvalue weighted by Crippen LogP contribution is -2.42. The van der Waals surface area contributed by atoms with Gasteiger partial charge in [-0.2, -0.15) is 0 Å². The Labute approximate surface area is 125 Å². The SMILES string of the molecule is CC(C)N(CCCC(=O)O)C(=O)C1Cc2ccccc2C1. The van der Waals surface area contributed by atoms with Crippen LogP contribution in [0.15, 0.2) is 24.3 Å². The molecule has 1 N–H and O–H groups in total. The Kier molecular flexibility index (Phi) is 4.99. The first-order valence-corrected chi connectivity index (χ1v) is 7.58. The summed E-state index contributed by atoms with van der Waals surface area (Å²) in [6.45, 7) is 4.50. The quantitative estimate of drug-likeness (QED) is 0.875. The molecule has 4 heteroatoms. The van der Waals surface area contributed by atoms with Crippen molar-refractivity contribution >= 4 is 11.9 Å². The number of amides is 1. The highest BCUT2D eigenvalue weighted by molar-refractivity contribution is 5.80. The van der Waals surface area contributed by atoms with E-state index in [-0.39, 0.29) is 24.3 Å². The number of carboxylic acids is 1. The summed E-state index contributed by atoms with van der Waals surface area (Å²) in [5.74, 6) is -0.638. The lowest BCUT2D eigenvalue weighted by molar-refractivity contribution is -0.140. The number of carbonyl (C=O) groups excluding carboxylic acids is 1. The molecular weight excluding hydrogens is 266 g/mol. The van der Waals surface area contributed by atoms with Crippen LogP contribution in [0.3, 0.4) is 0 Å². The van der Waals surface area contributed by atoms with Gasteiger partial charge in [-0.05, 0) is 44.2 Å². The van der Waals surface area contributed by atoms with Gasteiger partial charge in [0.2, 0.25) is 5.91 Å². The maximum absolute atomic E-state index is 12.7. The molecule has 4 nitrogen and oxygen atoms in total. The minimum Gasteiger partial charge on any atom is -0.481 e. The largest absolute Gasteiger partial charge is 0.481 e. The summed E-state index contributed by atoms with van der Waals surface area (Å²) >= 11 is 0. The van der Waals surface area contributed by atoms with Gasteiger partial charge in [0, 0.05) is 24.9 Å². The van der Waals surface area contributed by atoms with Crippen LogP contribution < -0.4 is 0 Å². The molecule has 0 atom stereocenters. The average Bonchev–Trinajstić information content (AvgIpc) is 2.86. The van der Waals surface area contributed by atoms with E-state index in [0.29, 0.717) is 13.0 Å². The van der Waals surface area contributed by atoms with Crippen molar-refractivity contribution in [3.63, 3.8) is 0 Å². The van der Waals surface area contributed by atoms with Gasteiger partial charge in [-0.3, -0.25) is 9.59 Å². The average molecular weight is 289 g/mol. The number of aliphatic carboxylic acids is 1.